The molecule has 1 aliphatic heterocycles. The van der Waals surface area contributed by atoms with Gasteiger partial charge >= 0.3 is 0 Å². The number of nitrogens with zero attached hydrogens (tertiary/aromatic N) is 5. The number of rotatable bonds is 8. The zero-order valence-electron chi connectivity index (χ0n) is 18.2. The third-order valence-electron chi connectivity index (χ3n) is 6.01. The summed E-state index contributed by atoms with van der Waals surface area (Å²) in [7, 11) is 0. The van der Waals surface area contributed by atoms with Gasteiger partial charge in [0.15, 0.2) is 0 Å². The highest BCUT2D eigenvalue weighted by Crippen LogP contribution is 2.28. The zero-order chi connectivity index (χ0) is 21.6. The summed E-state index contributed by atoms with van der Waals surface area (Å²) in [4.78, 5) is 15.3. The van der Waals surface area contributed by atoms with Gasteiger partial charge < -0.3 is 5.32 Å². The van der Waals surface area contributed by atoms with Crippen LogP contribution in [-0.4, -0.2) is 50.1 Å². The van der Waals surface area contributed by atoms with E-state index < -0.39 is 0 Å². The zero-order valence-corrected chi connectivity index (χ0v) is 18.2. The molecule has 1 fully saturated rings. The van der Waals surface area contributed by atoms with Gasteiger partial charge in [0.1, 0.15) is 6.33 Å². The van der Waals surface area contributed by atoms with E-state index in [4.69, 9.17) is 0 Å². The van der Waals surface area contributed by atoms with E-state index in [0.29, 0.717) is 18.9 Å². The fraction of sp³-hybridized carbons (Fsp3) is 0.417. The lowest BCUT2D eigenvalue weighted by atomic mass is 10.0. The Hall–Kier alpha value is -3.06. The van der Waals surface area contributed by atoms with Crippen molar-refractivity contribution in [3.8, 4) is 0 Å². The van der Waals surface area contributed by atoms with Crippen molar-refractivity contribution in [2.75, 3.05) is 13.1 Å². The summed E-state index contributed by atoms with van der Waals surface area (Å²) in [5.74, 6) is 0.582. The van der Waals surface area contributed by atoms with Crippen LogP contribution in [0.1, 0.15) is 48.9 Å². The van der Waals surface area contributed by atoms with E-state index in [1.165, 1.54) is 16.7 Å². The van der Waals surface area contributed by atoms with Crippen LogP contribution in [0.5, 0.6) is 0 Å². The minimum absolute atomic E-state index is 0.0744. The van der Waals surface area contributed by atoms with Crippen molar-refractivity contribution in [2.24, 2.45) is 0 Å². The van der Waals surface area contributed by atoms with E-state index in [0.717, 1.165) is 19.5 Å². The molecule has 4 rings (SSSR count). The molecule has 1 aliphatic rings. The molecule has 2 heterocycles. The summed E-state index contributed by atoms with van der Waals surface area (Å²) in [5.41, 5.74) is 3.76. The topological polar surface area (TPSA) is 75.9 Å². The molecule has 162 valence electrons. The van der Waals surface area contributed by atoms with Crippen molar-refractivity contribution in [1.82, 2.24) is 30.4 Å². The van der Waals surface area contributed by atoms with Gasteiger partial charge in [-0.1, -0.05) is 68.4 Å². The highest BCUT2D eigenvalue weighted by atomic mass is 16.2. The molecule has 1 N–H and O–H groups in total. The van der Waals surface area contributed by atoms with E-state index in [9.17, 15) is 4.79 Å². The molecule has 1 amide bonds. The van der Waals surface area contributed by atoms with Crippen LogP contribution in [-0.2, 0) is 17.8 Å². The first kappa shape index (κ1) is 21.2. The average Bonchev–Trinajstić information content (AvgIpc) is 3.45. The van der Waals surface area contributed by atoms with Crippen molar-refractivity contribution < 1.29 is 4.79 Å². The fourth-order valence-electron chi connectivity index (χ4n) is 4.19. The van der Waals surface area contributed by atoms with Crippen molar-refractivity contribution in [1.29, 1.82) is 0 Å². The van der Waals surface area contributed by atoms with Crippen LogP contribution in [0.2, 0.25) is 0 Å². The highest BCUT2D eigenvalue weighted by Gasteiger charge is 2.38. The minimum atomic E-state index is -0.199. The number of tetrazole rings is 1. The Labute approximate surface area is 183 Å². The van der Waals surface area contributed by atoms with Gasteiger partial charge in [-0.2, -0.15) is 0 Å². The van der Waals surface area contributed by atoms with Crippen molar-refractivity contribution in [3.05, 3.63) is 77.6 Å². The molecule has 1 saturated heterocycles. The summed E-state index contributed by atoms with van der Waals surface area (Å²) in [5, 5.41) is 14.7. The van der Waals surface area contributed by atoms with Crippen molar-refractivity contribution in [2.45, 2.75) is 51.2 Å². The first-order valence-corrected chi connectivity index (χ1v) is 11.0. The lowest BCUT2D eigenvalue weighted by Gasteiger charge is -2.23. The minimum Gasteiger partial charge on any atom is -0.354 e. The third kappa shape index (κ3) is 5.35. The number of aromatic nitrogens is 4. The number of nitrogens with one attached hydrogen (secondary N) is 1. The van der Waals surface area contributed by atoms with Gasteiger partial charge in [0.05, 0.1) is 12.1 Å². The van der Waals surface area contributed by atoms with E-state index in [-0.39, 0.29) is 18.0 Å². The molecular formula is C24H30N6O. The Morgan fingerprint density at radius 1 is 1.10 bits per heavy atom. The number of hydrogen-bond donors (Lipinski definition) is 1. The van der Waals surface area contributed by atoms with Crippen molar-refractivity contribution in [3.63, 3.8) is 0 Å². The Morgan fingerprint density at radius 2 is 1.87 bits per heavy atom. The molecule has 0 spiro atoms. The van der Waals surface area contributed by atoms with E-state index in [1.807, 2.05) is 18.2 Å². The largest absolute Gasteiger partial charge is 0.354 e. The molecule has 0 aliphatic carbocycles. The molecule has 0 saturated carbocycles. The fourth-order valence-corrected chi connectivity index (χ4v) is 4.19. The molecule has 2 aromatic carbocycles. The predicted octanol–water partition coefficient (Wildman–Crippen LogP) is 2.97. The lowest BCUT2D eigenvalue weighted by Crippen LogP contribution is -2.43. The van der Waals surface area contributed by atoms with Gasteiger partial charge in [0, 0.05) is 19.6 Å². The Balaban J connectivity index is 1.42. The predicted molar refractivity (Wildman–Crippen MR) is 119 cm³/mol. The molecule has 7 nitrogen and oxygen atoms in total. The molecule has 0 radical (unpaired) electrons. The average molecular weight is 419 g/mol. The molecule has 1 aromatic heterocycles. The standard InChI is InChI=1S/C24H30N6O/c1-18(2)21-10-8-20(9-11-21)15-29-16-22(30-17-26-27-28-30)14-23(29)24(31)25-13-12-19-6-4-3-5-7-19/h3-11,17-18,22-23H,12-16H2,1-2H3,(H,25,31)/t22-,23-/m0/s1. The SMILES string of the molecule is CC(C)c1ccc(CN2C[C@@H](n3cnnn3)C[C@H]2C(=O)NCCc2ccccc2)cc1. The summed E-state index contributed by atoms with van der Waals surface area (Å²) >= 11 is 0. The maximum absolute atomic E-state index is 13.1. The summed E-state index contributed by atoms with van der Waals surface area (Å²) in [6.07, 6.45) is 3.16. The second-order valence-electron chi connectivity index (χ2n) is 8.55. The van der Waals surface area contributed by atoms with Crippen molar-refractivity contribution >= 4 is 5.91 Å². The Kier molecular flexibility index (Phi) is 6.72. The third-order valence-corrected chi connectivity index (χ3v) is 6.01. The van der Waals surface area contributed by atoms with Crippen LogP contribution in [0.3, 0.4) is 0 Å². The first-order valence-electron chi connectivity index (χ1n) is 11.0. The molecule has 0 unspecified atom stereocenters. The number of hydrogen-bond acceptors (Lipinski definition) is 5. The Morgan fingerprint density at radius 3 is 2.55 bits per heavy atom. The van der Waals surface area contributed by atoms with Crippen LogP contribution in [0.25, 0.3) is 0 Å². The quantitative estimate of drug-likeness (QED) is 0.609. The second-order valence-corrected chi connectivity index (χ2v) is 8.55. The molecule has 31 heavy (non-hydrogen) atoms. The van der Waals surface area contributed by atoms with E-state index >= 15 is 0 Å². The summed E-state index contributed by atoms with van der Waals surface area (Å²) in [6.45, 7) is 6.50. The monoisotopic (exact) mass is 418 g/mol. The van der Waals surface area contributed by atoms with Crippen LogP contribution in [0, 0.1) is 0 Å². The van der Waals surface area contributed by atoms with Gasteiger partial charge in [-0.05, 0) is 45.9 Å². The van der Waals surface area contributed by atoms with Gasteiger partial charge in [0.2, 0.25) is 5.91 Å². The smallest absolute Gasteiger partial charge is 0.237 e. The maximum Gasteiger partial charge on any atom is 0.237 e. The van der Waals surface area contributed by atoms with E-state index in [2.05, 4.69) is 76.0 Å². The maximum atomic E-state index is 13.1. The molecule has 3 aromatic rings. The van der Waals surface area contributed by atoms with Crippen LogP contribution in [0.4, 0.5) is 0 Å². The van der Waals surface area contributed by atoms with Gasteiger partial charge in [-0.25, -0.2) is 4.68 Å². The van der Waals surface area contributed by atoms with Gasteiger partial charge in [-0.15, -0.1) is 5.10 Å². The van der Waals surface area contributed by atoms with Crippen LogP contribution >= 0.6 is 0 Å². The van der Waals surface area contributed by atoms with Crippen LogP contribution in [0.15, 0.2) is 60.9 Å². The Bertz CT molecular complexity index is 956. The lowest BCUT2D eigenvalue weighted by molar-refractivity contribution is -0.125. The molecular weight excluding hydrogens is 388 g/mol. The summed E-state index contributed by atoms with van der Waals surface area (Å²) in [6, 6.07) is 18.8. The number of amides is 1. The van der Waals surface area contributed by atoms with Crippen LogP contribution < -0.4 is 5.32 Å². The number of carbonyl (C=O) groups is 1. The highest BCUT2D eigenvalue weighted by molar-refractivity contribution is 5.82. The molecule has 0 bridgehead atoms. The number of carbonyl (C=O) groups excluding carboxylic acids is 1. The van der Waals surface area contributed by atoms with Gasteiger partial charge in [0.25, 0.3) is 0 Å². The second kappa shape index (κ2) is 9.83. The normalized spacial score (nSPS) is 19.1. The summed E-state index contributed by atoms with van der Waals surface area (Å²) < 4.78 is 1.77. The van der Waals surface area contributed by atoms with E-state index in [1.54, 1.807) is 11.0 Å². The van der Waals surface area contributed by atoms with Gasteiger partial charge in [-0.3, -0.25) is 9.69 Å². The molecule has 2 atom stereocenters. The number of likely N-dealkylation sites (tertiary alicyclic amines) is 1. The molecule has 7 heteroatoms. The first-order chi connectivity index (χ1) is 15.1. The number of benzene rings is 2.